The number of carbonyl (C=O) groups excluding carboxylic acids is 2. The van der Waals surface area contributed by atoms with Gasteiger partial charge in [0.25, 0.3) is 15.9 Å². The fourth-order valence-electron chi connectivity index (χ4n) is 4.25. The maximum atomic E-state index is 13.1. The van der Waals surface area contributed by atoms with Crippen LogP contribution in [-0.4, -0.2) is 65.9 Å². The average molecular weight is 567 g/mol. The van der Waals surface area contributed by atoms with Gasteiger partial charge in [-0.05, 0) is 74.1 Å². The minimum absolute atomic E-state index is 0.0101. The maximum Gasteiger partial charge on any atom is 0.328 e. The highest BCUT2D eigenvalue weighted by atomic mass is 32.2. The van der Waals surface area contributed by atoms with E-state index in [0.717, 1.165) is 25.2 Å². The Bertz CT molecular complexity index is 1400. The van der Waals surface area contributed by atoms with Crippen molar-refractivity contribution in [1.82, 2.24) is 19.8 Å². The summed E-state index contributed by atoms with van der Waals surface area (Å²) in [6, 6.07) is 17.0. The fourth-order valence-corrected chi connectivity index (χ4v) is 5.84. The number of amides is 1. The number of anilines is 2. The van der Waals surface area contributed by atoms with Crippen molar-refractivity contribution in [2.45, 2.75) is 50.1 Å². The van der Waals surface area contributed by atoms with Crippen LogP contribution in [0.2, 0.25) is 0 Å². The molecule has 0 bridgehead atoms. The topological polar surface area (TPSA) is 134 Å². The van der Waals surface area contributed by atoms with Gasteiger partial charge in [-0.1, -0.05) is 18.2 Å². The monoisotopic (exact) mass is 566 g/mol. The molecule has 1 aromatic heterocycles. The molecule has 0 radical (unpaired) electrons. The van der Waals surface area contributed by atoms with E-state index in [-0.39, 0.29) is 29.8 Å². The lowest BCUT2D eigenvalue weighted by molar-refractivity contribution is -0.182. The van der Waals surface area contributed by atoms with E-state index in [4.69, 9.17) is 4.84 Å². The van der Waals surface area contributed by atoms with E-state index in [0.29, 0.717) is 16.0 Å². The summed E-state index contributed by atoms with van der Waals surface area (Å²) in [7, 11) is -4.08. The molecule has 0 unspecified atom stereocenters. The van der Waals surface area contributed by atoms with Crippen LogP contribution in [0.5, 0.6) is 0 Å². The van der Waals surface area contributed by atoms with Crippen molar-refractivity contribution in [3.05, 3.63) is 78.6 Å². The normalized spacial score (nSPS) is 15.6. The van der Waals surface area contributed by atoms with Gasteiger partial charge < -0.3 is 20.4 Å². The third-order valence-electron chi connectivity index (χ3n) is 6.19. The van der Waals surface area contributed by atoms with Crippen molar-refractivity contribution >= 4 is 33.5 Å². The largest absolute Gasteiger partial charge is 0.369 e. The van der Waals surface area contributed by atoms with Crippen molar-refractivity contribution in [2.75, 3.05) is 29.9 Å². The predicted octanol–water partition coefficient (Wildman–Crippen LogP) is 3.23. The molecule has 0 aliphatic carbocycles. The molecule has 1 aliphatic heterocycles. The summed E-state index contributed by atoms with van der Waals surface area (Å²) >= 11 is 0. The van der Waals surface area contributed by atoms with E-state index in [1.807, 2.05) is 12.1 Å². The van der Waals surface area contributed by atoms with Crippen LogP contribution in [0.4, 0.5) is 11.6 Å². The molecule has 3 aromatic rings. The first-order valence-corrected chi connectivity index (χ1v) is 14.5. The Balaban J connectivity index is 1.26. The number of aromatic nitrogens is 2. The Morgan fingerprint density at radius 3 is 2.35 bits per heavy atom. The summed E-state index contributed by atoms with van der Waals surface area (Å²) in [5.74, 6) is -0.511. The first kappa shape index (κ1) is 29.0. The molecule has 12 heteroatoms. The van der Waals surface area contributed by atoms with Crippen LogP contribution in [0.3, 0.4) is 0 Å². The van der Waals surface area contributed by atoms with Crippen LogP contribution in [-0.2, 0) is 19.7 Å². The van der Waals surface area contributed by atoms with Gasteiger partial charge in [-0.15, -0.1) is 0 Å². The van der Waals surface area contributed by atoms with Gasteiger partial charge in [-0.2, -0.15) is 0 Å². The van der Waals surface area contributed by atoms with Gasteiger partial charge in [0.1, 0.15) is 0 Å². The zero-order chi connectivity index (χ0) is 28.8. The molecule has 0 saturated carbocycles. The first-order valence-electron chi connectivity index (χ1n) is 13.0. The molecular weight excluding hydrogens is 532 g/mol. The minimum Gasteiger partial charge on any atom is -0.369 e. The Hall–Kier alpha value is -4.03. The second kappa shape index (κ2) is 12.4. The third-order valence-corrected chi connectivity index (χ3v) is 8.12. The number of hydrogen-bond donors (Lipinski definition) is 2. The lowest BCUT2D eigenvalue weighted by atomic mass is 10.1. The first-order chi connectivity index (χ1) is 19.0. The second-order valence-electron chi connectivity index (χ2n) is 10.4. The van der Waals surface area contributed by atoms with Crippen LogP contribution >= 0.6 is 0 Å². The number of nitrogens with zero attached hydrogens (tertiary/aromatic N) is 4. The number of rotatable bonds is 10. The Labute approximate surface area is 234 Å². The summed E-state index contributed by atoms with van der Waals surface area (Å²) in [5, 5.41) is 6.03. The quantitative estimate of drug-likeness (QED) is 0.355. The highest BCUT2D eigenvalue weighted by Gasteiger charge is 2.38. The fraction of sp³-hybridized carbons (Fsp3) is 0.357. The molecule has 1 fully saturated rings. The Kier molecular flexibility index (Phi) is 9.00. The molecule has 2 heterocycles. The molecule has 212 valence electrons. The van der Waals surface area contributed by atoms with Gasteiger partial charge in [0.2, 0.25) is 5.95 Å². The van der Waals surface area contributed by atoms with E-state index in [9.17, 15) is 18.0 Å². The predicted molar refractivity (Wildman–Crippen MR) is 151 cm³/mol. The van der Waals surface area contributed by atoms with Crippen LogP contribution in [0.1, 0.15) is 44.0 Å². The van der Waals surface area contributed by atoms with E-state index in [1.54, 1.807) is 69.6 Å². The average Bonchev–Trinajstić information content (AvgIpc) is 3.40. The van der Waals surface area contributed by atoms with Crippen LogP contribution < -0.4 is 15.5 Å². The van der Waals surface area contributed by atoms with Crippen molar-refractivity contribution in [1.29, 1.82) is 0 Å². The Morgan fingerprint density at radius 2 is 1.70 bits per heavy atom. The van der Waals surface area contributed by atoms with Crippen molar-refractivity contribution in [3.63, 3.8) is 0 Å². The molecule has 1 amide bonds. The number of hydroxylamine groups is 1. The molecule has 0 spiro atoms. The molecule has 1 aliphatic rings. The molecule has 1 saturated heterocycles. The van der Waals surface area contributed by atoms with Gasteiger partial charge in [-0.25, -0.2) is 18.4 Å². The Morgan fingerprint density at radius 1 is 1.02 bits per heavy atom. The molecule has 4 rings (SSSR count). The zero-order valence-corrected chi connectivity index (χ0v) is 23.6. The molecule has 2 aromatic carbocycles. The number of benzene rings is 2. The summed E-state index contributed by atoms with van der Waals surface area (Å²) in [5.41, 5.74) is 0.433. The second-order valence-corrected chi connectivity index (χ2v) is 12.1. The van der Waals surface area contributed by atoms with E-state index in [2.05, 4.69) is 25.5 Å². The van der Waals surface area contributed by atoms with Crippen LogP contribution in [0.25, 0.3) is 0 Å². The minimum atomic E-state index is -4.08. The highest BCUT2D eigenvalue weighted by molar-refractivity contribution is 7.89. The SMILES string of the molecule is CC(C)(C)N(OC(=O)CCNC(=O)c1ccc(N2CC[C@H](Nc3ncccn3)C2)cc1)S(=O)(=O)c1ccccc1. The summed E-state index contributed by atoms with van der Waals surface area (Å²) < 4.78 is 26.9. The summed E-state index contributed by atoms with van der Waals surface area (Å²) in [6.45, 7) is 6.53. The number of hydrogen-bond acceptors (Lipinski definition) is 9. The smallest absolute Gasteiger partial charge is 0.328 e. The molecule has 40 heavy (non-hydrogen) atoms. The van der Waals surface area contributed by atoms with E-state index in [1.165, 1.54) is 12.1 Å². The molecule has 1 atom stereocenters. The number of carbonyl (C=O) groups is 2. The zero-order valence-electron chi connectivity index (χ0n) is 22.8. The van der Waals surface area contributed by atoms with E-state index < -0.39 is 21.5 Å². The number of sulfonamides is 1. The summed E-state index contributed by atoms with van der Waals surface area (Å²) in [4.78, 5) is 41.1. The third kappa shape index (κ3) is 7.33. The van der Waals surface area contributed by atoms with Crippen LogP contribution in [0, 0.1) is 0 Å². The van der Waals surface area contributed by atoms with E-state index >= 15 is 0 Å². The van der Waals surface area contributed by atoms with Gasteiger partial charge in [-0.3, -0.25) is 9.59 Å². The van der Waals surface area contributed by atoms with Crippen molar-refractivity contribution in [2.24, 2.45) is 0 Å². The maximum absolute atomic E-state index is 13.1. The number of nitrogens with one attached hydrogen (secondary N) is 2. The van der Waals surface area contributed by atoms with Gasteiger partial charge in [0.15, 0.2) is 0 Å². The highest BCUT2D eigenvalue weighted by Crippen LogP contribution is 2.25. The molecule has 11 nitrogen and oxygen atoms in total. The van der Waals surface area contributed by atoms with Gasteiger partial charge in [0, 0.05) is 49.3 Å². The molecular formula is C28H34N6O5S. The lowest BCUT2D eigenvalue weighted by Gasteiger charge is -2.32. The standard InChI is InChI=1S/C28H34N6O5S/c1-28(2,3)34(40(37,38)24-8-5-4-6-9-24)39-25(35)14-18-29-26(36)21-10-12-23(13-11-21)33-19-15-22(20-33)32-27-30-16-7-17-31-27/h4-13,16-17,22H,14-15,18-20H2,1-3H3,(H,29,36)(H,30,31,32)/t22-/m0/s1. The molecule has 2 N–H and O–H groups in total. The van der Waals surface area contributed by atoms with Gasteiger partial charge in [0.05, 0.1) is 16.9 Å². The summed E-state index contributed by atoms with van der Waals surface area (Å²) in [6.07, 6.45) is 4.14. The lowest BCUT2D eigenvalue weighted by Crippen LogP contribution is -2.46. The van der Waals surface area contributed by atoms with Crippen molar-refractivity contribution < 1.29 is 22.8 Å². The van der Waals surface area contributed by atoms with Crippen molar-refractivity contribution in [3.8, 4) is 0 Å². The van der Waals surface area contributed by atoms with Gasteiger partial charge >= 0.3 is 5.97 Å². The van der Waals surface area contributed by atoms with Crippen LogP contribution in [0.15, 0.2) is 78.0 Å².